The highest BCUT2D eigenvalue weighted by Crippen LogP contribution is 2.28. The van der Waals surface area contributed by atoms with Crippen LogP contribution in [0.2, 0.25) is 5.02 Å². The maximum atomic E-state index is 12.9. The molecular formula is C25H27ClF3N5O4. The van der Waals surface area contributed by atoms with Crippen molar-refractivity contribution in [3.63, 3.8) is 0 Å². The SMILES string of the molecule is CC1(O)CO/C(=C(/N)CNC(=O)N(CCC(F)(F)F)C(=N)c2ccc(O)cc2)C(=Nc2cccc(Cl)c2)C1. The summed E-state index contributed by atoms with van der Waals surface area (Å²) in [6, 6.07) is 10.8. The van der Waals surface area contributed by atoms with E-state index in [1.807, 2.05) is 0 Å². The van der Waals surface area contributed by atoms with Gasteiger partial charge in [-0.25, -0.2) is 9.79 Å². The van der Waals surface area contributed by atoms with Crippen LogP contribution in [-0.2, 0) is 4.74 Å². The van der Waals surface area contributed by atoms with Gasteiger partial charge in [0.15, 0.2) is 5.76 Å². The third kappa shape index (κ3) is 8.12. The maximum Gasteiger partial charge on any atom is 0.390 e. The summed E-state index contributed by atoms with van der Waals surface area (Å²) in [6.07, 6.45) is -5.83. The summed E-state index contributed by atoms with van der Waals surface area (Å²) in [5.41, 5.74) is 5.85. The first-order valence-corrected chi connectivity index (χ1v) is 11.8. The number of hydrogen-bond acceptors (Lipinski definition) is 7. The normalized spacial score (nSPS) is 20.0. The number of carbonyl (C=O) groups excluding carboxylic acids is 1. The molecule has 1 atom stereocenters. The van der Waals surface area contributed by atoms with Gasteiger partial charge >= 0.3 is 12.2 Å². The van der Waals surface area contributed by atoms with Crippen LogP contribution in [0.25, 0.3) is 0 Å². The number of phenols is 1. The number of carbonyl (C=O) groups is 1. The van der Waals surface area contributed by atoms with E-state index in [4.69, 9.17) is 27.5 Å². The molecule has 9 nitrogen and oxygen atoms in total. The number of aliphatic hydroxyl groups is 1. The smallest absolute Gasteiger partial charge is 0.390 e. The number of hydrogen-bond donors (Lipinski definition) is 5. The Morgan fingerprint density at radius 3 is 2.61 bits per heavy atom. The monoisotopic (exact) mass is 553 g/mol. The fourth-order valence-corrected chi connectivity index (χ4v) is 3.73. The van der Waals surface area contributed by atoms with E-state index in [0.717, 1.165) is 0 Å². The number of benzene rings is 2. The predicted molar refractivity (Wildman–Crippen MR) is 137 cm³/mol. The molecule has 2 aromatic carbocycles. The van der Waals surface area contributed by atoms with Crippen molar-refractivity contribution >= 4 is 34.9 Å². The van der Waals surface area contributed by atoms with E-state index in [2.05, 4.69) is 10.3 Å². The zero-order valence-corrected chi connectivity index (χ0v) is 21.1. The van der Waals surface area contributed by atoms with E-state index in [9.17, 15) is 28.2 Å². The molecule has 13 heteroatoms. The van der Waals surface area contributed by atoms with Crippen LogP contribution < -0.4 is 11.1 Å². The number of allylic oxidation sites excluding steroid dienone is 1. The Bertz CT molecular complexity index is 1250. The number of ether oxygens (including phenoxy) is 1. The van der Waals surface area contributed by atoms with Crippen LogP contribution in [0.5, 0.6) is 5.75 Å². The fraction of sp³-hybridized carbons (Fsp3) is 0.320. The molecule has 1 aliphatic heterocycles. The number of aromatic hydroxyl groups is 1. The Balaban J connectivity index is 1.82. The molecule has 1 unspecified atom stereocenters. The zero-order chi connectivity index (χ0) is 28.1. The third-order valence-corrected chi connectivity index (χ3v) is 5.64. The summed E-state index contributed by atoms with van der Waals surface area (Å²) in [5.74, 6) is -0.479. The van der Waals surface area contributed by atoms with E-state index >= 15 is 0 Å². The Kier molecular flexibility index (Phi) is 8.89. The molecule has 1 saturated heterocycles. The first-order chi connectivity index (χ1) is 17.7. The van der Waals surface area contributed by atoms with E-state index < -0.39 is 36.6 Å². The molecule has 1 heterocycles. The average Bonchev–Trinajstić information content (AvgIpc) is 2.82. The summed E-state index contributed by atoms with van der Waals surface area (Å²) in [6.45, 7) is 0.306. The molecule has 2 amide bonds. The van der Waals surface area contributed by atoms with Crippen LogP contribution in [-0.4, -0.2) is 64.2 Å². The molecule has 3 rings (SSSR count). The van der Waals surface area contributed by atoms with Crippen molar-refractivity contribution in [1.29, 1.82) is 5.41 Å². The molecule has 0 saturated carbocycles. The van der Waals surface area contributed by atoms with Gasteiger partial charge in [-0.1, -0.05) is 17.7 Å². The topological polar surface area (TPSA) is 144 Å². The molecule has 0 radical (unpaired) electrons. The van der Waals surface area contributed by atoms with E-state index in [0.29, 0.717) is 21.3 Å². The largest absolute Gasteiger partial charge is 0.508 e. The third-order valence-electron chi connectivity index (χ3n) is 5.41. The van der Waals surface area contributed by atoms with Crippen molar-refractivity contribution in [2.75, 3.05) is 19.7 Å². The van der Waals surface area contributed by atoms with Crippen LogP contribution in [0.1, 0.15) is 25.3 Å². The predicted octanol–water partition coefficient (Wildman–Crippen LogP) is 4.45. The van der Waals surface area contributed by atoms with Gasteiger partial charge in [-0.05, 0) is 49.4 Å². The highest BCUT2D eigenvalue weighted by atomic mass is 35.5. The molecule has 38 heavy (non-hydrogen) atoms. The lowest BCUT2D eigenvalue weighted by molar-refractivity contribution is -0.135. The number of nitrogens with one attached hydrogen (secondary N) is 2. The van der Waals surface area contributed by atoms with Gasteiger partial charge < -0.3 is 26.0 Å². The van der Waals surface area contributed by atoms with Gasteiger partial charge in [0.1, 0.15) is 23.8 Å². The minimum atomic E-state index is -4.56. The number of amides is 2. The quantitative estimate of drug-likeness (QED) is 0.265. The summed E-state index contributed by atoms with van der Waals surface area (Å²) in [5, 5.41) is 31.1. The van der Waals surface area contributed by atoms with Crippen LogP contribution in [0.15, 0.2) is 65.0 Å². The van der Waals surface area contributed by atoms with Gasteiger partial charge in [0.05, 0.1) is 30.1 Å². The number of amidine groups is 1. The Morgan fingerprint density at radius 1 is 1.29 bits per heavy atom. The maximum absolute atomic E-state index is 12.9. The average molecular weight is 554 g/mol. The molecular weight excluding hydrogens is 527 g/mol. The van der Waals surface area contributed by atoms with Gasteiger partial charge in [0, 0.05) is 23.6 Å². The number of aliphatic imine (C=N–C) groups is 1. The number of rotatable bonds is 6. The van der Waals surface area contributed by atoms with E-state index in [1.165, 1.54) is 24.3 Å². The van der Waals surface area contributed by atoms with Crippen molar-refractivity contribution in [2.24, 2.45) is 10.7 Å². The summed E-state index contributed by atoms with van der Waals surface area (Å²) >= 11 is 6.02. The zero-order valence-electron chi connectivity index (χ0n) is 20.3. The first-order valence-electron chi connectivity index (χ1n) is 11.4. The van der Waals surface area contributed by atoms with Gasteiger partial charge in [-0.15, -0.1) is 0 Å². The first kappa shape index (κ1) is 28.8. The van der Waals surface area contributed by atoms with Gasteiger partial charge in [-0.3, -0.25) is 10.3 Å². The van der Waals surface area contributed by atoms with Crippen molar-refractivity contribution in [1.82, 2.24) is 10.2 Å². The van der Waals surface area contributed by atoms with Crippen LogP contribution in [0, 0.1) is 5.41 Å². The number of halogens is 4. The second-order valence-corrected chi connectivity index (χ2v) is 9.36. The van der Waals surface area contributed by atoms with Crippen LogP contribution in [0.3, 0.4) is 0 Å². The van der Waals surface area contributed by atoms with E-state index in [1.54, 1.807) is 31.2 Å². The highest BCUT2D eigenvalue weighted by molar-refractivity contribution is 6.30. The molecule has 1 aliphatic rings. The lowest BCUT2D eigenvalue weighted by Gasteiger charge is -2.32. The van der Waals surface area contributed by atoms with Crippen molar-refractivity contribution in [2.45, 2.75) is 31.5 Å². The van der Waals surface area contributed by atoms with E-state index in [-0.39, 0.29) is 42.3 Å². The molecule has 1 fully saturated rings. The van der Waals surface area contributed by atoms with Crippen LogP contribution >= 0.6 is 11.6 Å². The number of nitrogens with two attached hydrogens (primary N) is 1. The summed E-state index contributed by atoms with van der Waals surface area (Å²) in [7, 11) is 0. The molecule has 0 aromatic heterocycles. The molecule has 204 valence electrons. The number of phenolic OH excluding ortho intramolecular Hbond substituents is 1. The Morgan fingerprint density at radius 2 is 1.97 bits per heavy atom. The minimum Gasteiger partial charge on any atom is -0.508 e. The van der Waals surface area contributed by atoms with Crippen molar-refractivity contribution in [3.05, 3.63) is 70.6 Å². The minimum absolute atomic E-state index is 0.0153. The van der Waals surface area contributed by atoms with Crippen molar-refractivity contribution in [3.8, 4) is 5.75 Å². The molecule has 0 aliphatic carbocycles. The number of urea groups is 1. The summed E-state index contributed by atoms with van der Waals surface area (Å²) in [4.78, 5) is 18.0. The van der Waals surface area contributed by atoms with Gasteiger partial charge in [0.2, 0.25) is 0 Å². The second kappa shape index (κ2) is 11.7. The Labute approximate surface area is 221 Å². The molecule has 6 N–H and O–H groups in total. The Hall–Kier alpha value is -3.77. The molecule has 0 bridgehead atoms. The molecule has 2 aromatic rings. The van der Waals surface area contributed by atoms with Crippen molar-refractivity contribution < 1.29 is 32.9 Å². The van der Waals surface area contributed by atoms with Gasteiger partial charge in [0.25, 0.3) is 0 Å². The second-order valence-electron chi connectivity index (χ2n) is 8.93. The lowest BCUT2D eigenvalue weighted by Crippen LogP contribution is -2.47. The van der Waals surface area contributed by atoms with Gasteiger partial charge in [-0.2, -0.15) is 13.2 Å². The number of alkyl halides is 3. The van der Waals surface area contributed by atoms with Crippen LogP contribution in [0.4, 0.5) is 23.7 Å². The lowest BCUT2D eigenvalue weighted by atomic mass is 9.95. The molecule has 0 spiro atoms. The number of nitrogens with zero attached hydrogens (tertiary/aromatic N) is 2. The standard InChI is InChI=1S/C25H27ClF3N5O4/c1-24(37)12-20(33-17-4-2-3-16(26)11-17)21(38-14-24)19(30)13-32-23(36)34(10-9-25(27,28)29)22(31)15-5-7-18(35)8-6-15/h2-8,11,31,35,37H,9-10,12-14,30H2,1H3,(H,32,36)/b21-19+,31-22?,33-20?. The summed E-state index contributed by atoms with van der Waals surface area (Å²) < 4.78 is 44.4. The highest BCUT2D eigenvalue weighted by Gasteiger charge is 2.34. The fourth-order valence-electron chi connectivity index (χ4n) is 3.55.